The van der Waals surface area contributed by atoms with E-state index < -0.39 is 0 Å². The van der Waals surface area contributed by atoms with Crippen LogP contribution < -0.4 is 5.32 Å². The fraction of sp³-hybridized carbons (Fsp3) is 0.304. The standard InChI is InChI=1S/C23H24N2O3S/c1-16-6-8-17(9-7-16)21(20-5-3-15-29-20)24-22(26)18-10-12-25(13-11-18)23(27)19-4-2-14-28-19/h2-9,14-15,18,21H,10-13H2,1H3,(H,24,26)/t21-/m0/s1. The minimum absolute atomic E-state index is 0.0501. The van der Waals surface area contributed by atoms with Crippen LogP contribution in [0.1, 0.15) is 45.4 Å². The van der Waals surface area contributed by atoms with Crippen molar-refractivity contribution in [3.05, 3.63) is 81.9 Å². The highest BCUT2D eigenvalue weighted by molar-refractivity contribution is 7.10. The third-order valence-electron chi connectivity index (χ3n) is 5.41. The van der Waals surface area contributed by atoms with E-state index in [9.17, 15) is 9.59 Å². The fourth-order valence-corrected chi connectivity index (χ4v) is 4.50. The molecule has 3 aromatic rings. The lowest BCUT2D eigenvalue weighted by Gasteiger charge is -2.31. The molecule has 1 atom stereocenters. The Labute approximate surface area is 174 Å². The molecule has 4 rings (SSSR count). The van der Waals surface area contributed by atoms with E-state index in [1.54, 1.807) is 28.4 Å². The van der Waals surface area contributed by atoms with Gasteiger partial charge in [0.1, 0.15) is 0 Å². The normalized spacial score (nSPS) is 15.8. The summed E-state index contributed by atoms with van der Waals surface area (Å²) < 4.78 is 5.20. The van der Waals surface area contributed by atoms with Gasteiger partial charge in [0.25, 0.3) is 5.91 Å². The van der Waals surface area contributed by atoms with Crippen LogP contribution in [0.15, 0.2) is 64.6 Å². The lowest BCUT2D eigenvalue weighted by atomic mass is 9.94. The molecule has 1 saturated heterocycles. The van der Waals surface area contributed by atoms with Crippen LogP contribution in [0.3, 0.4) is 0 Å². The van der Waals surface area contributed by atoms with Crippen LogP contribution in [0.5, 0.6) is 0 Å². The maximum absolute atomic E-state index is 13.0. The number of likely N-dealkylation sites (tertiary alicyclic amines) is 1. The summed E-state index contributed by atoms with van der Waals surface area (Å²) in [5.41, 5.74) is 2.27. The van der Waals surface area contributed by atoms with Crippen molar-refractivity contribution in [2.75, 3.05) is 13.1 Å². The predicted molar refractivity (Wildman–Crippen MR) is 113 cm³/mol. The third kappa shape index (κ3) is 4.43. The van der Waals surface area contributed by atoms with Crippen LogP contribution in [0.25, 0.3) is 0 Å². The largest absolute Gasteiger partial charge is 0.459 e. The van der Waals surface area contributed by atoms with Crippen molar-refractivity contribution in [2.24, 2.45) is 5.92 Å². The van der Waals surface area contributed by atoms with Crippen LogP contribution in [-0.4, -0.2) is 29.8 Å². The van der Waals surface area contributed by atoms with Crippen LogP contribution >= 0.6 is 11.3 Å². The second-order valence-electron chi connectivity index (χ2n) is 7.41. The van der Waals surface area contributed by atoms with E-state index in [0.717, 1.165) is 10.4 Å². The summed E-state index contributed by atoms with van der Waals surface area (Å²) in [5, 5.41) is 5.28. The minimum atomic E-state index is -0.147. The summed E-state index contributed by atoms with van der Waals surface area (Å²) in [7, 11) is 0. The number of furan rings is 1. The topological polar surface area (TPSA) is 62.6 Å². The number of hydrogen-bond acceptors (Lipinski definition) is 4. The molecule has 0 bridgehead atoms. The number of nitrogens with zero attached hydrogens (tertiary/aromatic N) is 1. The average molecular weight is 409 g/mol. The van der Waals surface area contributed by atoms with Crippen molar-refractivity contribution in [3.63, 3.8) is 0 Å². The maximum atomic E-state index is 13.0. The fourth-order valence-electron chi connectivity index (χ4n) is 3.69. The predicted octanol–water partition coefficient (Wildman–Crippen LogP) is 4.41. The van der Waals surface area contributed by atoms with Gasteiger partial charge in [-0.1, -0.05) is 35.9 Å². The zero-order valence-corrected chi connectivity index (χ0v) is 17.2. The number of carbonyl (C=O) groups is 2. The number of piperidine rings is 1. The van der Waals surface area contributed by atoms with E-state index in [4.69, 9.17) is 4.42 Å². The second-order valence-corrected chi connectivity index (χ2v) is 8.39. The van der Waals surface area contributed by atoms with Gasteiger partial charge < -0.3 is 14.6 Å². The van der Waals surface area contributed by atoms with E-state index in [1.165, 1.54) is 11.8 Å². The average Bonchev–Trinajstić information content (AvgIpc) is 3.46. The molecule has 3 heterocycles. The molecule has 1 aliphatic rings. The number of thiophene rings is 1. The molecule has 0 aliphatic carbocycles. The first-order valence-electron chi connectivity index (χ1n) is 9.85. The first-order chi connectivity index (χ1) is 14.1. The number of aryl methyl sites for hydroxylation is 1. The van der Waals surface area contributed by atoms with Crippen molar-refractivity contribution in [2.45, 2.75) is 25.8 Å². The summed E-state index contributed by atoms with van der Waals surface area (Å²) in [6.07, 6.45) is 2.82. The Bertz CT molecular complexity index is 941. The van der Waals surface area contributed by atoms with E-state index in [0.29, 0.717) is 31.7 Å². The molecule has 1 aromatic carbocycles. The van der Waals surface area contributed by atoms with Crippen molar-refractivity contribution in [1.82, 2.24) is 10.2 Å². The number of amides is 2. The molecule has 0 spiro atoms. The SMILES string of the molecule is Cc1ccc([C@H](NC(=O)C2CCN(C(=O)c3ccco3)CC2)c2cccs2)cc1. The quantitative estimate of drug-likeness (QED) is 0.680. The summed E-state index contributed by atoms with van der Waals surface area (Å²) in [6.45, 7) is 3.18. The second kappa shape index (κ2) is 8.66. The van der Waals surface area contributed by atoms with Crippen LogP contribution in [0.2, 0.25) is 0 Å². The molecule has 0 saturated carbocycles. The van der Waals surface area contributed by atoms with Crippen molar-refractivity contribution in [3.8, 4) is 0 Å². The third-order valence-corrected chi connectivity index (χ3v) is 6.35. The summed E-state index contributed by atoms with van der Waals surface area (Å²) >= 11 is 1.64. The molecule has 29 heavy (non-hydrogen) atoms. The van der Waals surface area contributed by atoms with Crippen LogP contribution in [0, 0.1) is 12.8 Å². The van der Waals surface area contributed by atoms with Gasteiger partial charge in [-0.05, 0) is 48.9 Å². The Kier molecular flexibility index (Phi) is 5.81. The highest BCUT2D eigenvalue weighted by atomic mass is 32.1. The van der Waals surface area contributed by atoms with E-state index in [-0.39, 0.29) is 23.8 Å². The molecule has 1 aliphatic heterocycles. The van der Waals surface area contributed by atoms with Gasteiger partial charge in [0, 0.05) is 23.9 Å². The number of benzene rings is 1. The van der Waals surface area contributed by atoms with Gasteiger partial charge in [-0.2, -0.15) is 0 Å². The Morgan fingerprint density at radius 2 is 1.86 bits per heavy atom. The highest BCUT2D eigenvalue weighted by Gasteiger charge is 2.30. The lowest BCUT2D eigenvalue weighted by molar-refractivity contribution is -0.126. The van der Waals surface area contributed by atoms with Crippen LogP contribution in [0.4, 0.5) is 0 Å². The Hall–Kier alpha value is -2.86. The van der Waals surface area contributed by atoms with Crippen molar-refractivity contribution < 1.29 is 14.0 Å². The van der Waals surface area contributed by atoms with Gasteiger partial charge in [-0.15, -0.1) is 11.3 Å². The molecule has 2 aromatic heterocycles. The number of hydrogen-bond donors (Lipinski definition) is 1. The first-order valence-corrected chi connectivity index (χ1v) is 10.7. The Morgan fingerprint density at radius 1 is 1.10 bits per heavy atom. The molecule has 0 radical (unpaired) electrons. The zero-order chi connectivity index (χ0) is 20.2. The molecular weight excluding hydrogens is 384 g/mol. The van der Waals surface area contributed by atoms with Crippen molar-refractivity contribution in [1.29, 1.82) is 0 Å². The first kappa shape index (κ1) is 19.5. The maximum Gasteiger partial charge on any atom is 0.289 e. The van der Waals surface area contributed by atoms with Gasteiger partial charge in [0.2, 0.25) is 5.91 Å². The highest BCUT2D eigenvalue weighted by Crippen LogP contribution is 2.28. The molecule has 1 N–H and O–H groups in total. The Morgan fingerprint density at radius 3 is 2.48 bits per heavy atom. The summed E-state index contributed by atoms with van der Waals surface area (Å²) in [5.74, 6) is 0.202. The van der Waals surface area contributed by atoms with Gasteiger partial charge in [0.15, 0.2) is 5.76 Å². The molecule has 0 unspecified atom stereocenters. The van der Waals surface area contributed by atoms with Gasteiger partial charge in [-0.3, -0.25) is 9.59 Å². The molecule has 6 heteroatoms. The molecule has 1 fully saturated rings. The zero-order valence-electron chi connectivity index (χ0n) is 16.3. The molecule has 2 amide bonds. The molecular formula is C23H24N2O3S. The number of nitrogens with one attached hydrogen (secondary N) is 1. The van der Waals surface area contributed by atoms with E-state index in [1.807, 2.05) is 11.4 Å². The summed E-state index contributed by atoms with van der Waals surface area (Å²) in [4.78, 5) is 28.3. The van der Waals surface area contributed by atoms with E-state index in [2.05, 4.69) is 42.6 Å². The lowest BCUT2D eigenvalue weighted by Crippen LogP contribution is -2.43. The molecule has 150 valence electrons. The van der Waals surface area contributed by atoms with E-state index >= 15 is 0 Å². The van der Waals surface area contributed by atoms with Gasteiger partial charge in [-0.25, -0.2) is 0 Å². The number of carbonyl (C=O) groups excluding carboxylic acids is 2. The van der Waals surface area contributed by atoms with Gasteiger partial charge >= 0.3 is 0 Å². The summed E-state index contributed by atoms with van der Waals surface area (Å²) in [6, 6.07) is 15.6. The van der Waals surface area contributed by atoms with Crippen molar-refractivity contribution >= 4 is 23.2 Å². The number of rotatable bonds is 5. The van der Waals surface area contributed by atoms with Gasteiger partial charge in [0.05, 0.1) is 12.3 Å². The monoisotopic (exact) mass is 408 g/mol. The minimum Gasteiger partial charge on any atom is -0.459 e. The van der Waals surface area contributed by atoms with Crippen LogP contribution in [-0.2, 0) is 4.79 Å². The smallest absolute Gasteiger partial charge is 0.289 e. The molecule has 5 nitrogen and oxygen atoms in total. The Balaban J connectivity index is 1.41.